The summed E-state index contributed by atoms with van der Waals surface area (Å²) >= 11 is 0. The van der Waals surface area contributed by atoms with Crippen LogP contribution in [0.5, 0.6) is 0 Å². The fourth-order valence-electron chi connectivity index (χ4n) is 3.37. The van der Waals surface area contributed by atoms with Crippen molar-refractivity contribution in [2.24, 2.45) is 16.7 Å². The number of terminal acetylenes is 1. The maximum absolute atomic E-state index is 13.2. The van der Waals surface area contributed by atoms with Crippen LogP contribution in [0.15, 0.2) is 16.5 Å². The zero-order chi connectivity index (χ0) is 19.3. The van der Waals surface area contributed by atoms with Gasteiger partial charge in [-0.3, -0.25) is 4.79 Å². The Hall–Kier alpha value is -2.11. The van der Waals surface area contributed by atoms with Crippen LogP contribution in [-0.2, 0) is 22.6 Å². The number of ether oxygens (including phenoxy) is 1. The van der Waals surface area contributed by atoms with Gasteiger partial charge >= 0.3 is 18.3 Å². The first-order valence-corrected chi connectivity index (χ1v) is 7.12. The molecule has 1 atom stereocenters. The Balaban J connectivity index is 2.17. The molecule has 1 aromatic heterocycles. The summed E-state index contributed by atoms with van der Waals surface area (Å²) in [5.74, 6) is -1.22. The molecule has 1 heterocycles. The molecule has 0 saturated heterocycles. The highest BCUT2D eigenvalue weighted by molar-refractivity contribution is 5.80. The molecule has 0 spiro atoms. The first kappa shape index (κ1) is 19.2. The van der Waals surface area contributed by atoms with Crippen molar-refractivity contribution in [3.05, 3.63) is 23.7 Å². The zero-order valence-corrected chi connectivity index (χ0v) is 13.2. The summed E-state index contributed by atoms with van der Waals surface area (Å²) in [6, 6.07) is 2.85. The third-order valence-corrected chi connectivity index (χ3v) is 4.57. The number of halogens is 6. The van der Waals surface area contributed by atoms with Gasteiger partial charge in [0.25, 0.3) is 0 Å². The van der Waals surface area contributed by atoms with Crippen molar-refractivity contribution >= 4 is 5.97 Å². The first-order chi connectivity index (χ1) is 11.3. The monoisotopic (exact) mass is 368 g/mol. The molecule has 0 amide bonds. The van der Waals surface area contributed by atoms with E-state index in [1.54, 1.807) is 0 Å². The predicted molar refractivity (Wildman–Crippen MR) is 72.9 cm³/mol. The molecule has 3 nitrogen and oxygen atoms in total. The minimum atomic E-state index is -5.64. The minimum Gasteiger partial charge on any atom is -0.461 e. The Kier molecular flexibility index (Phi) is 4.39. The van der Waals surface area contributed by atoms with E-state index in [1.165, 1.54) is 12.1 Å². The van der Waals surface area contributed by atoms with Crippen LogP contribution in [0.1, 0.15) is 25.4 Å². The van der Waals surface area contributed by atoms with E-state index in [2.05, 4.69) is 10.7 Å². The van der Waals surface area contributed by atoms with Crippen molar-refractivity contribution in [3.63, 3.8) is 0 Å². The number of hydrogen-bond acceptors (Lipinski definition) is 3. The predicted octanol–water partition coefficient (Wildman–Crippen LogP) is 4.27. The Labute approximate surface area is 139 Å². The molecule has 0 bridgehead atoms. The van der Waals surface area contributed by atoms with E-state index in [-0.39, 0.29) is 12.2 Å². The SMILES string of the molecule is C#CCc1ccc(COC(=O)C2C(C)(C)C2(C(F)(F)F)C(F)(F)F)o1. The summed E-state index contributed by atoms with van der Waals surface area (Å²) in [6.07, 6.45) is -6.05. The lowest BCUT2D eigenvalue weighted by Crippen LogP contribution is -2.44. The molecule has 25 heavy (non-hydrogen) atoms. The minimum absolute atomic E-state index is 0.0710. The molecule has 1 aliphatic carbocycles. The van der Waals surface area contributed by atoms with Gasteiger partial charge in [0.1, 0.15) is 18.1 Å². The molecule has 0 radical (unpaired) electrons. The number of esters is 1. The topological polar surface area (TPSA) is 39.4 Å². The van der Waals surface area contributed by atoms with Crippen LogP contribution in [0, 0.1) is 29.1 Å². The van der Waals surface area contributed by atoms with Crippen molar-refractivity contribution in [2.45, 2.75) is 39.2 Å². The lowest BCUT2D eigenvalue weighted by atomic mass is 9.94. The van der Waals surface area contributed by atoms with E-state index in [1.807, 2.05) is 0 Å². The maximum atomic E-state index is 13.2. The molecule has 1 aliphatic rings. The van der Waals surface area contributed by atoms with Crippen molar-refractivity contribution in [2.75, 3.05) is 0 Å². The number of hydrogen-bond donors (Lipinski definition) is 0. The quantitative estimate of drug-likeness (QED) is 0.453. The second kappa shape index (κ2) is 5.71. The molecule has 0 N–H and O–H groups in total. The number of rotatable bonds is 4. The molecule has 9 heteroatoms. The summed E-state index contributed by atoms with van der Waals surface area (Å²) in [4.78, 5) is 11.9. The van der Waals surface area contributed by atoms with Crippen LogP contribution < -0.4 is 0 Å². The molecule has 1 saturated carbocycles. The van der Waals surface area contributed by atoms with Crippen LogP contribution >= 0.6 is 0 Å². The normalized spacial score (nSPS) is 21.5. The molecule has 1 fully saturated rings. The summed E-state index contributed by atoms with van der Waals surface area (Å²) < 4.78 is 88.9. The van der Waals surface area contributed by atoms with Crippen molar-refractivity contribution < 1.29 is 40.3 Å². The fourth-order valence-corrected chi connectivity index (χ4v) is 3.37. The van der Waals surface area contributed by atoms with Gasteiger partial charge in [-0.25, -0.2) is 0 Å². The van der Waals surface area contributed by atoms with Crippen molar-refractivity contribution in [3.8, 4) is 12.3 Å². The fraction of sp³-hybridized carbons (Fsp3) is 0.562. The molecule has 2 rings (SSSR count). The van der Waals surface area contributed by atoms with Crippen molar-refractivity contribution in [1.82, 2.24) is 0 Å². The number of carbonyl (C=O) groups is 1. The van der Waals surface area contributed by atoms with E-state index in [9.17, 15) is 31.1 Å². The van der Waals surface area contributed by atoms with Gasteiger partial charge < -0.3 is 9.15 Å². The van der Waals surface area contributed by atoms with Gasteiger partial charge in [0.05, 0.1) is 12.3 Å². The van der Waals surface area contributed by atoms with E-state index >= 15 is 0 Å². The molecule has 0 aromatic carbocycles. The highest BCUT2D eigenvalue weighted by Crippen LogP contribution is 2.81. The first-order valence-electron chi connectivity index (χ1n) is 7.12. The van der Waals surface area contributed by atoms with E-state index in [4.69, 9.17) is 10.8 Å². The average molecular weight is 368 g/mol. The molecule has 1 aromatic rings. The second-order valence-electron chi connectivity index (χ2n) is 6.31. The molecular formula is C16H14F6O3. The Bertz CT molecular complexity index is 691. The van der Waals surface area contributed by atoms with Crippen LogP contribution in [0.25, 0.3) is 0 Å². The lowest BCUT2D eigenvalue weighted by Gasteiger charge is -2.26. The van der Waals surface area contributed by atoms with Gasteiger partial charge in [-0.15, -0.1) is 6.42 Å². The van der Waals surface area contributed by atoms with Crippen LogP contribution in [0.3, 0.4) is 0 Å². The Morgan fingerprint density at radius 3 is 2.16 bits per heavy atom. The van der Waals surface area contributed by atoms with Crippen LogP contribution in [0.4, 0.5) is 26.3 Å². The summed E-state index contributed by atoms with van der Waals surface area (Å²) in [6.45, 7) is 0.914. The van der Waals surface area contributed by atoms with Crippen LogP contribution in [0.2, 0.25) is 0 Å². The van der Waals surface area contributed by atoms with Gasteiger partial charge in [-0.2, -0.15) is 26.3 Å². The molecule has 138 valence electrons. The highest BCUT2D eigenvalue weighted by Gasteiger charge is 2.95. The number of furan rings is 1. The smallest absolute Gasteiger partial charge is 0.404 e. The van der Waals surface area contributed by atoms with Gasteiger partial charge in [0, 0.05) is 5.41 Å². The number of carbonyl (C=O) groups excluding carboxylic acids is 1. The maximum Gasteiger partial charge on any atom is 0.404 e. The van der Waals surface area contributed by atoms with Gasteiger partial charge in [-0.1, -0.05) is 19.8 Å². The zero-order valence-electron chi connectivity index (χ0n) is 13.2. The third-order valence-electron chi connectivity index (χ3n) is 4.57. The lowest BCUT2D eigenvalue weighted by molar-refractivity contribution is -0.314. The third kappa shape index (κ3) is 2.77. The van der Waals surface area contributed by atoms with E-state index in [0.717, 1.165) is 13.8 Å². The summed E-state index contributed by atoms with van der Waals surface area (Å²) in [7, 11) is 0. The van der Waals surface area contributed by atoms with E-state index < -0.39 is 41.7 Å². The Morgan fingerprint density at radius 1 is 1.20 bits per heavy atom. The van der Waals surface area contributed by atoms with Gasteiger partial charge in [0.15, 0.2) is 5.41 Å². The largest absolute Gasteiger partial charge is 0.461 e. The average Bonchev–Trinajstić information content (AvgIpc) is 2.75. The van der Waals surface area contributed by atoms with Gasteiger partial charge in [0.2, 0.25) is 0 Å². The van der Waals surface area contributed by atoms with Gasteiger partial charge in [-0.05, 0) is 12.1 Å². The summed E-state index contributed by atoms with van der Waals surface area (Å²) in [5.41, 5.74) is -6.49. The molecular weight excluding hydrogens is 354 g/mol. The summed E-state index contributed by atoms with van der Waals surface area (Å²) in [5, 5.41) is 0. The van der Waals surface area contributed by atoms with E-state index in [0.29, 0.717) is 5.76 Å². The number of alkyl halides is 6. The second-order valence-corrected chi connectivity index (χ2v) is 6.31. The van der Waals surface area contributed by atoms with Crippen molar-refractivity contribution in [1.29, 1.82) is 0 Å². The van der Waals surface area contributed by atoms with Crippen LogP contribution in [-0.4, -0.2) is 18.3 Å². The highest BCUT2D eigenvalue weighted by atomic mass is 19.4. The molecule has 1 unspecified atom stereocenters. The Morgan fingerprint density at radius 2 is 1.72 bits per heavy atom. The standard InChI is InChI=1S/C16H14F6O3/c1-4-5-9-6-7-10(25-9)8-24-12(23)11-13(2,3)14(11,15(17,18)19)16(20,21)22/h1,6-7,11H,5,8H2,2-3H3. The molecule has 0 aliphatic heterocycles.